The largest absolute Gasteiger partial charge is 0.478 e. The van der Waals surface area contributed by atoms with Crippen molar-refractivity contribution in [1.29, 1.82) is 0 Å². The van der Waals surface area contributed by atoms with E-state index in [9.17, 15) is 31.2 Å². The Balaban J connectivity index is 0.000000599. The van der Waals surface area contributed by atoms with Crippen LogP contribution in [0.3, 0.4) is 0 Å². The fourth-order valence-electron chi connectivity index (χ4n) is 3.29. The normalized spacial score (nSPS) is 11.4. The molecule has 38 heavy (non-hydrogen) atoms. The van der Waals surface area contributed by atoms with Gasteiger partial charge in [-0.3, -0.25) is 14.3 Å². The number of halogens is 3. The molecule has 3 N–H and O–H groups in total. The standard InChI is InChI=1S/C24H15F3N2O3.C2H6O3S/c25-24(26,27)17-8-5-14(6-9-17)19-3-1-2-4-20(19)22(30)29-18-10-7-15-11-16(23(31)32)13-28-21(15)12-18;1-2-6(3,4)5/h1-13H,(H,29,30)(H,31,32);2H2,1H3,(H,3,4,5). The number of aromatic carboxylic acids is 1. The first-order valence-electron chi connectivity index (χ1n) is 10.9. The number of rotatable bonds is 5. The molecule has 0 aliphatic carbocycles. The van der Waals surface area contributed by atoms with Crippen LogP contribution in [0.5, 0.6) is 0 Å². The maximum atomic E-state index is 12.9. The van der Waals surface area contributed by atoms with Crippen LogP contribution in [-0.4, -0.2) is 40.7 Å². The zero-order valence-electron chi connectivity index (χ0n) is 19.7. The van der Waals surface area contributed by atoms with Gasteiger partial charge in [0.2, 0.25) is 0 Å². The van der Waals surface area contributed by atoms with Gasteiger partial charge in [0.1, 0.15) is 0 Å². The Morgan fingerprint density at radius 3 is 2.18 bits per heavy atom. The molecule has 0 fully saturated rings. The number of hydrogen-bond donors (Lipinski definition) is 3. The van der Waals surface area contributed by atoms with E-state index in [0.717, 1.165) is 12.1 Å². The van der Waals surface area contributed by atoms with Gasteiger partial charge in [0.05, 0.1) is 22.4 Å². The van der Waals surface area contributed by atoms with E-state index in [1.54, 1.807) is 42.5 Å². The van der Waals surface area contributed by atoms with Gasteiger partial charge >= 0.3 is 12.1 Å². The number of carbonyl (C=O) groups is 2. The van der Waals surface area contributed by atoms with Gasteiger partial charge in [-0.1, -0.05) is 36.4 Å². The number of fused-ring (bicyclic) bond motifs is 1. The molecule has 8 nitrogen and oxygen atoms in total. The molecule has 0 saturated carbocycles. The summed E-state index contributed by atoms with van der Waals surface area (Å²) in [6, 6.07) is 17.6. The summed E-state index contributed by atoms with van der Waals surface area (Å²) in [5.74, 6) is -1.73. The summed E-state index contributed by atoms with van der Waals surface area (Å²) in [5.41, 5.74) is 1.50. The molecule has 3 aromatic carbocycles. The van der Waals surface area contributed by atoms with E-state index >= 15 is 0 Å². The molecule has 4 rings (SSSR count). The van der Waals surface area contributed by atoms with Crippen molar-refractivity contribution in [2.75, 3.05) is 11.1 Å². The molecule has 1 amide bonds. The summed E-state index contributed by atoms with van der Waals surface area (Å²) >= 11 is 0. The van der Waals surface area contributed by atoms with Gasteiger partial charge in [0, 0.05) is 22.8 Å². The van der Waals surface area contributed by atoms with Crippen molar-refractivity contribution >= 4 is 38.6 Å². The lowest BCUT2D eigenvalue weighted by molar-refractivity contribution is -0.137. The Labute approximate surface area is 215 Å². The van der Waals surface area contributed by atoms with Crippen LogP contribution in [0.15, 0.2) is 79.0 Å². The van der Waals surface area contributed by atoms with Gasteiger partial charge in [0.15, 0.2) is 0 Å². The fourth-order valence-corrected chi connectivity index (χ4v) is 3.29. The number of carboxylic acids is 1. The molecule has 0 unspecified atom stereocenters. The van der Waals surface area contributed by atoms with Gasteiger partial charge in [-0.25, -0.2) is 4.79 Å². The van der Waals surface area contributed by atoms with Crippen LogP contribution in [0.1, 0.15) is 33.2 Å². The highest BCUT2D eigenvalue weighted by atomic mass is 32.2. The summed E-state index contributed by atoms with van der Waals surface area (Å²) < 4.78 is 65.4. The minimum atomic E-state index is -4.44. The van der Waals surface area contributed by atoms with Crippen LogP contribution in [-0.2, 0) is 16.3 Å². The number of anilines is 1. The second-order valence-electron chi connectivity index (χ2n) is 7.88. The van der Waals surface area contributed by atoms with Crippen molar-refractivity contribution in [3.8, 4) is 11.1 Å². The average molecular weight is 547 g/mol. The minimum absolute atomic E-state index is 0.0553. The highest BCUT2D eigenvalue weighted by Gasteiger charge is 2.30. The van der Waals surface area contributed by atoms with E-state index in [2.05, 4.69) is 10.3 Å². The monoisotopic (exact) mass is 546 g/mol. The average Bonchev–Trinajstić information content (AvgIpc) is 2.88. The van der Waals surface area contributed by atoms with Crippen molar-refractivity contribution in [2.45, 2.75) is 13.1 Å². The predicted octanol–water partition coefficient (Wildman–Crippen LogP) is 5.77. The molecule has 0 bridgehead atoms. The third-order valence-electron chi connectivity index (χ3n) is 5.25. The summed E-state index contributed by atoms with van der Waals surface area (Å²) in [6.45, 7) is 1.37. The lowest BCUT2D eigenvalue weighted by Gasteiger charge is -2.12. The number of pyridine rings is 1. The van der Waals surface area contributed by atoms with Crippen LogP contribution < -0.4 is 5.32 Å². The Morgan fingerprint density at radius 1 is 0.974 bits per heavy atom. The summed E-state index contributed by atoms with van der Waals surface area (Å²) in [4.78, 5) is 28.1. The highest BCUT2D eigenvalue weighted by Crippen LogP contribution is 2.32. The van der Waals surface area contributed by atoms with Crippen molar-refractivity contribution in [3.05, 3.63) is 95.7 Å². The number of benzene rings is 3. The smallest absolute Gasteiger partial charge is 0.416 e. The first kappa shape index (κ1) is 28.3. The van der Waals surface area contributed by atoms with Crippen LogP contribution in [0, 0.1) is 0 Å². The second-order valence-corrected chi connectivity index (χ2v) is 9.62. The molecule has 0 radical (unpaired) electrons. The minimum Gasteiger partial charge on any atom is -0.478 e. The topological polar surface area (TPSA) is 134 Å². The first-order chi connectivity index (χ1) is 17.8. The number of alkyl halides is 3. The van der Waals surface area contributed by atoms with E-state index in [1.807, 2.05) is 0 Å². The number of aromatic nitrogens is 1. The Hall–Kier alpha value is -4.29. The molecule has 12 heteroatoms. The van der Waals surface area contributed by atoms with Gasteiger partial charge in [-0.2, -0.15) is 21.6 Å². The summed E-state index contributed by atoms with van der Waals surface area (Å²) in [7, 11) is -3.66. The van der Waals surface area contributed by atoms with Gasteiger partial charge in [-0.05, 0) is 54.4 Å². The quantitative estimate of drug-likeness (QED) is 0.271. The Bertz CT molecular complexity index is 1590. The molecule has 1 aromatic heterocycles. The zero-order chi connectivity index (χ0) is 28.1. The van der Waals surface area contributed by atoms with E-state index in [-0.39, 0.29) is 11.3 Å². The maximum absolute atomic E-state index is 12.9. The molecule has 4 aromatic rings. The predicted molar refractivity (Wildman–Crippen MR) is 136 cm³/mol. The molecule has 198 valence electrons. The molecule has 0 spiro atoms. The van der Waals surface area contributed by atoms with Gasteiger partial charge in [0.25, 0.3) is 16.0 Å². The first-order valence-corrected chi connectivity index (χ1v) is 12.6. The Kier molecular flexibility index (Phi) is 8.49. The molecular weight excluding hydrogens is 525 g/mol. The number of carbonyl (C=O) groups excluding carboxylic acids is 1. The van der Waals surface area contributed by atoms with Crippen molar-refractivity contribution in [1.82, 2.24) is 4.98 Å². The molecule has 0 saturated heterocycles. The second kappa shape index (κ2) is 11.4. The molecular formula is C26H21F3N2O6S. The van der Waals surface area contributed by atoms with Gasteiger partial charge in [-0.15, -0.1) is 0 Å². The number of nitrogens with zero attached hydrogens (tertiary/aromatic N) is 1. The summed E-state index contributed by atoms with van der Waals surface area (Å²) in [5, 5.41) is 12.4. The van der Waals surface area contributed by atoms with E-state index in [1.165, 1.54) is 31.3 Å². The van der Waals surface area contributed by atoms with Crippen LogP contribution >= 0.6 is 0 Å². The third kappa shape index (κ3) is 7.37. The van der Waals surface area contributed by atoms with Crippen molar-refractivity contribution in [3.63, 3.8) is 0 Å². The van der Waals surface area contributed by atoms with Crippen LogP contribution in [0.2, 0.25) is 0 Å². The highest BCUT2D eigenvalue weighted by molar-refractivity contribution is 7.85. The fraction of sp³-hybridized carbons (Fsp3) is 0.115. The van der Waals surface area contributed by atoms with Gasteiger partial charge < -0.3 is 10.4 Å². The third-order valence-corrected chi connectivity index (χ3v) is 5.98. The molecule has 0 atom stereocenters. The number of hydrogen-bond acceptors (Lipinski definition) is 5. The van der Waals surface area contributed by atoms with E-state index < -0.39 is 33.7 Å². The van der Waals surface area contributed by atoms with Crippen molar-refractivity contribution < 1.29 is 40.8 Å². The number of carboxylic acid groups (broad SMARTS) is 1. The summed E-state index contributed by atoms with van der Waals surface area (Å²) in [6.07, 6.45) is -3.21. The van der Waals surface area contributed by atoms with Crippen molar-refractivity contribution in [2.24, 2.45) is 0 Å². The molecule has 1 heterocycles. The lowest BCUT2D eigenvalue weighted by Crippen LogP contribution is -2.13. The SMILES string of the molecule is CCS(=O)(=O)O.O=C(O)c1cnc2cc(NC(=O)c3ccccc3-c3ccc(C(F)(F)F)cc3)ccc2c1. The lowest BCUT2D eigenvalue weighted by atomic mass is 9.98. The molecule has 0 aliphatic rings. The number of nitrogens with one attached hydrogen (secondary N) is 1. The molecule has 0 aliphatic heterocycles. The van der Waals surface area contributed by atoms with Crippen LogP contribution in [0.25, 0.3) is 22.0 Å². The number of amides is 1. The maximum Gasteiger partial charge on any atom is 0.416 e. The van der Waals surface area contributed by atoms with E-state index in [0.29, 0.717) is 33.3 Å². The van der Waals surface area contributed by atoms with Crippen LogP contribution in [0.4, 0.5) is 18.9 Å². The Morgan fingerprint density at radius 2 is 1.61 bits per heavy atom. The zero-order valence-corrected chi connectivity index (χ0v) is 20.5. The van der Waals surface area contributed by atoms with E-state index in [4.69, 9.17) is 9.66 Å².